The molecule has 0 aliphatic carbocycles. The van der Waals surface area contributed by atoms with Crippen LogP contribution in [0.1, 0.15) is 0 Å². The average molecular weight is 271 g/mol. The molecule has 0 spiro atoms. The average Bonchev–Trinajstić information content (AvgIpc) is 2.85. The molecule has 3 aromatic rings. The molecule has 0 atom stereocenters. The van der Waals surface area contributed by atoms with E-state index in [9.17, 15) is 4.39 Å². The highest BCUT2D eigenvalue weighted by Gasteiger charge is 2.13. The molecular formula is C14H14FN5. The zero-order valence-corrected chi connectivity index (χ0v) is 11.2. The van der Waals surface area contributed by atoms with Gasteiger partial charge in [-0.25, -0.2) is 14.4 Å². The molecule has 1 aromatic carbocycles. The van der Waals surface area contributed by atoms with E-state index in [-0.39, 0.29) is 5.82 Å². The molecule has 5 nitrogen and oxygen atoms in total. The Bertz CT molecular complexity index is 778. The summed E-state index contributed by atoms with van der Waals surface area (Å²) < 4.78 is 13.2. The molecule has 0 aliphatic heterocycles. The van der Waals surface area contributed by atoms with Crippen molar-refractivity contribution in [1.29, 1.82) is 0 Å². The van der Waals surface area contributed by atoms with Gasteiger partial charge in [-0.15, -0.1) is 0 Å². The number of aromatic amines is 1. The smallest absolute Gasteiger partial charge is 0.183 e. The molecule has 0 amide bonds. The van der Waals surface area contributed by atoms with Crippen molar-refractivity contribution in [2.24, 2.45) is 0 Å². The Morgan fingerprint density at radius 3 is 2.80 bits per heavy atom. The summed E-state index contributed by atoms with van der Waals surface area (Å²) in [6.45, 7) is 0. The third-order valence-corrected chi connectivity index (χ3v) is 3.19. The molecule has 102 valence electrons. The zero-order chi connectivity index (χ0) is 14.3. The summed E-state index contributed by atoms with van der Waals surface area (Å²) in [6, 6.07) is 5.95. The number of hydrogen-bond donors (Lipinski definition) is 2. The molecule has 0 saturated heterocycles. The van der Waals surface area contributed by atoms with Crippen LogP contribution in [0.15, 0.2) is 30.6 Å². The fraction of sp³-hybridized carbons (Fsp3) is 0.143. The normalized spacial score (nSPS) is 10.9. The maximum absolute atomic E-state index is 13.2. The third kappa shape index (κ3) is 1.85. The number of benzene rings is 1. The van der Waals surface area contributed by atoms with E-state index < -0.39 is 5.82 Å². The first-order valence-corrected chi connectivity index (χ1v) is 6.13. The van der Waals surface area contributed by atoms with E-state index in [0.29, 0.717) is 5.82 Å². The van der Waals surface area contributed by atoms with Crippen LogP contribution in [0.4, 0.5) is 15.9 Å². The summed E-state index contributed by atoms with van der Waals surface area (Å²) in [5.74, 6) is -0.346. The Labute approximate surface area is 115 Å². The molecule has 0 fully saturated rings. The maximum Gasteiger partial charge on any atom is 0.183 e. The van der Waals surface area contributed by atoms with E-state index in [1.165, 1.54) is 0 Å². The van der Waals surface area contributed by atoms with Gasteiger partial charge in [0.1, 0.15) is 0 Å². The van der Waals surface area contributed by atoms with Gasteiger partial charge >= 0.3 is 0 Å². The van der Waals surface area contributed by atoms with Gasteiger partial charge in [0, 0.05) is 31.2 Å². The van der Waals surface area contributed by atoms with Gasteiger partial charge in [-0.2, -0.15) is 0 Å². The highest BCUT2D eigenvalue weighted by atomic mass is 19.1. The Hall–Kier alpha value is -2.63. The summed E-state index contributed by atoms with van der Waals surface area (Å²) in [5, 5.41) is 0.974. The van der Waals surface area contributed by atoms with Crippen molar-refractivity contribution in [3.8, 4) is 11.4 Å². The van der Waals surface area contributed by atoms with Crippen LogP contribution < -0.4 is 10.6 Å². The molecule has 2 heterocycles. The first kappa shape index (κ1) is 12.4. The summed E-state index contributed by atoms with van der Waals surface area (Å²) in [7, 11) is 3.95. The molecule has 3 N–H and O–H groups in total. The molecule has 0 bridgehead atoms. The van der Waals surface area contributed by atoms with Gasteiger partial charge < -0.3 is 15.6 Å². The lowest BCUT2D eigenvalue weighted by Gasteiger charge is -2.13. The lowest BCUT2D eigenvalue weighted by molar-refractivity contribution is 0.620. The topological polar surface area (TPSA) is 70.8 Å². The maximum atomic E-state index is 13.2. The van der Waals surface area contributed by atoms with E-state index in [1.54, 1.807) is 0 Å². The molecule has 0 saturated carbocycles. The minimum Gasteiger partial charge on any atom is -0.381 e. The fourth-order valence-electron chi connectivity index (χ4n) is 2.21. The van der Waals surface area contributed by atoms with Crippen molar-refractivity contribution in [1.82, 2.24) is 15.0 Å². The molecule has 0 aliphatic rings. The van der Waals surface area contributed by atoms with E-state index in [2.05, 4.69) is 15.0 Å². The third-order valence-electron chi connectivity index (χ3n) is 3.19. The number of anilines is 2. The SMILES string of the molecule is CN(C)c1cccc2c(-c3ncc(F)c(N)n3)c[nH]c12. The van der Waals surface area contributed by atoms with E-state index in [0.717, 1.165) is 28.4 Å². The van der Waals surface area contributed by atoms with Crippen molar-refractivity contribution in [3.63, 3.8) is 0 Å². The molecule has 3 rings (SSSR count). The Balaban J connectivity index is 2.22. The largest absolute Gasteiger partial charge is 0.381 e. The van der Waals surface area contributed by atoms with Gasteiger partial charge in [0.25, 0.3) is 0 Å². The predicted molar refractivity (Wildman–Crippen MR) is 78.0 cm³/mol. The number of rotatable bonds is 2. The van der Waals surface area contributed by atoms with Crippen LogP contribution in [-0.2, 0) is 0 Å². The van der Waals surface area contributed by atoms with Crippen molar-refractivity contribution < 1.29 is 4.39 Å². The van der Waals surface area contributed by atoms with E-state index in [4.69, 9.17) is 5.73 Å². The minimum atomic E-state index is -0.609. The summed E-state index contributed by atoms with van der Waals surface area (Å²) in [5.41, 5.74) is 8.35. The Morgan fingerprint density at radius 2 is 2.10 bits per heavy atom. The van der Waals surface area contributed by atoms with Gasteiger partial charge in [-0.05, 0) is 6.07 Å². The number of nitrogen functional groups attached to an aromatic ring is 1. The summed E-state index contributed by atoms with van der Waals surface area (Å²) >= 11 is 0. The second-order valence-electron chi connectivity index (χ2n) is 4.72. The van der Waals surface area contributed by atoms with Gasteiger partial charge in [0.05, 0.1) is 17.4 Å². The van der Waals surface area contributed by atoms with Crippen LogP contribution in [0.25, 0.3) is 22.3 Å². The summed E-state index contributed by atoms with van der Waals surface area (Å²) in [4.78, 5) is 13.2. The molecule has 20 heavy (non-hydrogen) atoms. The van der Waals surface area contributed by atoms with E-state index in [1.807, 2.05) is 43.4 Å². The molecule has 0 radical (unpaired) electrons. The Morgan fingerprint density at radius 1 is 1.30 bits per heavy atom. The van der Waals surface area contributed by atoms with Crippen LogP contribution in [-0.4, -0.2) is 29.0 Å². The summed E-state index contributed by atoms with van der Waals surface area (Å²) in [6.07, 6.45) is 2.90. The number of fused-ring (bicyclic) bond motifs is 1. The molecule has 2 aromatic heterocycles. The second kappa shape index (κ2) is 4.48. The van der Waals surface area contributed by atoms with Crippen molar-refractivity contribution in [3.05, 3.63) is 36.4 Å². The highest BCUT2D eigenvalue weighted by molar-refractivity contribution is 6.00. The number of nitrogens with zero attached hydrogens (tertiary/aromatic N) is 3. The predicted octanol–water partition coefficient (Wildman–Crippen LogP) is 2.41. The van der Waals surface area contributed by atoms with Crippen LogP contribution in [0.3, 0.4) is 0 Å². The van der Waals surface area contributed by atoms with Crippen molar-refractivity contribution in [2.45, 2.75) is 0 Å². The number of nitrogens with one attached hydrogen (secondary N) is 1. The Kier molecular flexibility index (Phi) is 2.78. The van der Waals surface area contributed by atoms with Gasteiger partial charge in [-0.1, -0.05) is 12.1 Å². The number of hydrogen-bond acceptors (Lipinski definition) is 4. The van der Waals surface area contributed by atoms with Crippen molar-refractivity contribution >= 4 is 22.4 Å². The monoisotopic (exact) mass is 271 g/mol. The second-order valence-corrected chi connectivity index (χ2v) is 4.72. The standard InChI is InChI=1S/C14H14FN5/c1-20(2)11-5-3-4-8-9(6-17-12(8)11)14-18-7-10(15)13(16)19-14/h3-7,17H,1-2H3,(H2,16,18,19). The number of H-pyrrole nitrogens is 1. The first-order chi connectivity index (χ1) is 9.58. The van der Waals surface area contributed by atoms with Gasteiger partial charge in [0.15, 0.2) is 17.5 Å². The molecule has 6 heteroatoms. The van der Waals surface area contributed by atoms with E-state index >= 15 is 0 Å². The number of nitrogens with two attached hydrogens (primary N) is 1. The fourth-order valence-corrected chi connectivity index (χ4v) is 2.21. The molecular weight excluding hydrogens is 257 g/mol. The van der Waals surface area contributed by atoms with Crippen LogP contribution in [0.5, 0.6) is 0 Å². The first-order valence-electron chi connectivity index (χ1n) is 6.13. The molecule has 0 unspecified atom stereocenters. The highest BCUT2D eigenvalue weighted by Crippen LogP contribution is 2.31. The number of para-hydroxylation sites is 1. The van der Waals surface area contributed by atoms with Gasteiger partial charge in [-0.3, -0.25) is 0 Å². The van der Waals surface area contributed by atoms with Crippen molar-refractivity contribution in [2.75, 3.05) is 24.7 Å². The lowest BCUT2D eigenvalue weighted by Crippen LogP contribution is -2.08. The van der Waals surface area contributed by atoms with Gasteiger partial charge in [0.2, 0.25) is 0 Å². The number of aromatic nitrogens is 3. The van der Waals surface area contributed by atoms with Crippen LogP contribution in [0, 0.1) is 5.82 Å². The van der Waals surface area contributed by atoms with Crippen LogP contribution in [0.2, 0.25) is 0 Å². The quantitative estimate of drug-likeness (QED) is 0.751. The minimum absolute atomic E-state index is 0.145. The number of halogens is 1. The zero-order valence-electron chi connectivity index (χ0n) is 11.2. The van der Waals surface area contributed by atoms with Crippen LogP contribution >= 0.6 is 0 Å². The lowest BCUT2D eigenvalue weighted by atomic mass is 10.1.